The number of H-pyrrole nitrogens is 1. The van der Waals surface area contributed by atoms with Crippen LogP contribution in [0.2, 0.25) is 0 Å². The van der Waals surface area contributed by atoms with E-state index < -0.39 is 0 Å². The molecule has 2 rings (SSSR count). The summed E-state index contributed by atoms with van der Waals surface area (Å²) in [7, 11) is 0. The lowest BCUT2D eigenvalue weighted by Crippen LogP contribution is -2.07. The molecule has 2 aromatic rings. The first kappa shape index (κ1) is 6.71. The molecule has 0 saturated heterocycles. The summed E-state index contributed by atoms with van der Waals surface area (Å²) in [4.78, 5) is 24.6. The number of fused-ring (bicyclic) bond motifs is 1. The van der Waals surface area contributed by atoms with Gasteiger partial charge in [0.2, 0.25) is 5.95 Å². The molecule has 6 heteroatoms. The fourth-order valence-electron chi connectivity index (χ4n) is 0.853. The molecule has 0 fully saturated rings. The van der Waals surface area contributed by atoms with E-state index in [-0.39, 0.29) is 11.5 Å². The molecular weight excluding hydrogens is 158 g/mol. The topological polar surface area (TPSA) is 97.5 Å². The second-order valence-electron chi connectivity index (χ2n) is 2.21. The van der Waals surface area contributed by atoms with Crippen LogP contribution in [0.15, 0.2) is 17.2 Å². The third-order valence-corrected chi connectivity index (χ3v) is 1.35. The Morgan fingerprint density at radius 3 is 3.00 bits per heavy atom. The summed E-state index contributed by atoms with van der Waals surface area (Å²) in [6, 6.07) is 0. The minimum atomic E-state index is -0.305. The van der Waals surface area contributed by atoms with Crippen LogP contribution < -0.4 is 11.3 Å². The first-order valence-corrected chi connectivity index (χ1v) is 3.23. The van der Waals surface area contributed by atoms with Crippen LogP contribution in [-0.2, 0) is 0 Å². The molecule has 0 aliphatic rings. The highest BCUT2D eigenvalue weighted by Gasteiger charge is 1.97. The van der Waals surface area contributed by atoms with Crippen LogP contribution in [0.1, 0.15) is 0 Å². The summed E-state index contributed by atoms with van der Waals surface area (Å²) in [6.45, 7) is 0. The van der Waals surface area contributed by atoms with E-state index >= 15 is 0 Å². The Morgan fingerprint density at radius 2 is 2.17 bits per heavy atom. The highest BCUT2D eigenvalue weighted by molar-refractivity contribution is 5.68. The van der Waals surface area contributed by atoms with Crippen molar-refractivity contribution in [3.05, 3.63) is 22.7 Å². The number of anilines is 1. The van der Waals surface area contributed by atoms with Gasteiger partial charge in [-0.15, -0.1) is 0 Å². The first-order valence-electron chi connectivity index (χ1n) is 3.23. The van der Waals surface area contributed by atoms with E-state index in [9.17, 15) is 4.79 Å². The van der Waals surface area contributed by atoms with E-state index in [1.165, 1.54) is 12.4 Å². The molecule has 0 bridgehead atoms. The number of nitrogens with one attached hydrogen (secondary N) is 1. The van der Waals surface area contributed by atoms with Crippen molar-refractivity contribution in [1.82, 2.24) is 19.9 Å². The quantitative estimate of drug-likeness (QED) is 0.535. The Labute approximate surface area is 66.5 Å². The molecule has 60 valence electrons. The van der Waals surface area contributed by atoms with Crippen LogP contribution in [0.5, 0.6) is 0 Å². The molecule has 0 spiro atoms. The Hall–Kier alpha value is -1.98. The second kappa shape index (κ2) is 2.26. The van der Waals surface area contributed by atoms with E-state index in [1.807, 2.05) is 0 Å². The Kier molecular flexibility index (Phi) is 1.26. The van der Waals surface area contributed by atoms with Gasteiger partial charge in [-0.25, -0.2) is 9.97 Å². The third-order valence-electron chi connectivity index (χ3n) is 1.35. The summed E-state index contributed by atoms with van der Waals surface area (Å²) >= 11 is 0. The lowest BCUT2D eigenvalue weighted by Gasteiger charge is -1.94. The number of rotatable bonds is 0. The van der Waals surface area contributed by atoms with Gasteiger partial charge in [0.1, 0.15) is 5.52 Å². The van der Waals surface area contributed by atoms with Crippen molar-refractivity contribution < 1.29 is 0 Å². The molecule has 0 amide bonds. The molecule has 0 unspecified atom stereocenters. The number of nitrogens with zero attached hydrogens (tertiary/aromatic N) is 3. The maximum absolute atomic E-state index is 10.8. The largest absolute Gasteiger partial charge is 0.368 e. The number of aromatic amines is 1. The third kappa shape index (κ3) is 0.986. The average Bonchev–Trinajstić information content (AvgIpc) is 2.03. The fourth-order valence-corrected chi connectivity index (χ4v) is 0.853. The summed E-state index contributed by atoms with van der Waals surface area (Å²) in [6.07, 6.45) is 2.62. The molecule has 12 heavy (non-hydrogen) atoms. The Bertz CT molecular complexity index is 477. The van der Waals surface area contributed by atoms with E-state index in [0.717, 1.165) is 0 Å². The van der Waals surface area contributed by atoms with Crippen LogP contribution in [0.4, 0.5) is 5.95 Å². The molecule has 0 atom stereocenters. The number of nitrogen functional groups attached to an aromatic ring is 1. The van der Waals surface area contributed by atoms with Gasteiger partial charge in [-0.1, -0.05) is 0 Å². The van der Waals surface area contributed by atoms with Gasteiger partial charge in [-0.2, -0.15) is 4.98 Å². The van der Waals surface area contributed by atoms with Crippen molar-refractivity contribution in [2.45, 2.75) is 0 Å². The SMILES string of the molecule is Nc1ncc2ncc(=O)[nH]c2n1. The zero-order valence-electron chi connectivity index (χ0n) is 5.98. The predicted molar refractivity (Wildman–Crippen MR) is 42.4 cm³/mol. The summed E-state index contributed by atoms with van der Waals surface area (Å²) < 4.78 is 0. The van der Waals surface area contributed by atoms with Gasteiger partial charge in [-0.05, 0) is 0 Å². The van der Waals surface area contributed by atoms with Gasteiger partial charge in [0.25, 0.3) is 5.56 Å². The lowest BCUT2D eigenvalue weighted by atomic mass is 10.5. The summed E-state index contributed by atoms with van der Waals surface area (Å²) in [5.74, 6) is 0.117. The van der Waals surface area contributed by atoms with Crippen LogP contribution in [0, 0.1) is 0 Å². The zero-order valence-corrected chi connectivity index (χ0v) is 5.98. The summed E-state index contributed by atoms with van der Waals surface area (Å²) in [5, 5.41) is 0. The van der Waals surface area contributed by atoms with Crippen molar-refractivity contribution in [3.8, 4) is 0 Å². The van der Waals surface area contributed by atoms with Crippen molar-refractivity contribution in [2.24, 2.45) is 0 Å². The normalized spacial score (nSPS) is 10.3. The van der Waals surface area contributed by atoms with Crippen LogP contribution in [-0.4, -0.2) is 19.9 Å². The second-order valence-corrected chi connectivity index (χ2v) is 2.21. The number of hydrogen-bond donors (Lipinski definition) is 2. The maximum Gasteiger partial charge on any atom is 0.268 e. The van der Waals surface area contributed by atoms with Crippen molar-refractivity contribution in [2.75, 3.05) is 5.73 Å². The molecule has 3 N–H and O–H groups in total. The van der Waals surface area contributed by atoms with E-state index in [0.29, 0.717) is 11.2 Å². The van der Waals surface area contributed by atoms with E-state index in [1.54, 1.807) is 0 Å². The zero-order chi connectivity index (χ0) is 8.55. The molecule has 6 nitrogen and oxygen atoms in total. The summed E-state index contributed by atoms with van der Waals surface area (Å²) in [5.41, 5.74) is 5.87. The molecule has 0 aromatic carbocycles. The lowest BCUT2D eigenvalue weighted by molar-refractivity contribution is 1.13. The average molecular weight is 163 g/mol. The Balaban J connectivity index is 2.89. The maximum atomic E-state index is 10.8. The molecule has 0 aliphatic heterocycles. The Morgan fingerprint density at radius 1 is 1.33 bits per heavy atom. The van der Waals surface area contributed by atoms with Crippen LogP contribution in [0.3, 0.4) is 0 Å². The van der Waals surface area contributed by atoms with E-state index in [4.69, 9.17) is 5.73 Å². The molecular formula is C6H5N5O. The molecule has 2 aromatic heterocycles. The van der Waals surface area contributed by atoms with Gasteiger partial charge in [0.05, 0.1) is 12.4 Å². The van der Waals surface area contributed by atoms with Crippen molar-refractivity contribution in [1.29, 1.82) is 0 Å². The highest BCUT2D eigenvalue weighted by atomic mass is 16.1. The van der Waals surface area contributed by atoms with Gasteiger partial charge in [0, 0.05) is 0 Å². The minimum absolute atomic E-state index is 0.117. The van der Waals surface area contributed by atoms with Crippen molar-refractivity contribution in [3.63, 3.8) is 0 Å². The fraction of sp³-hybridized carbons (Fsp3) is 0. The van der Waals surface area contributed by atoms with E-state index in [2.05, 4.69) is 19.9 Å². The molecule has 0 radical (unpaired) electrons. The molecule has 2 heterocycles. The smallest absolute Gasteiger partial charge is 0.268 e. The van der Waals surface area contributed by atoms with Crippen LogP contribution in [0.25, 0.3) is 11.2 Å². The number of hydrogen-bond acceptors (Lipinski definition) is 5. The minimum Gasteiger partial charge on any atom is -0.368 e. The number of nitrogens with two attached hydrogens (primary N) is 1. The molecule has 0 aliphatic carbocycles. The van der Waals surface area contributed by atoms with Crippen LogP contribution >= 0.6 is 0 Å². The molecule has 0 saturated carbocycles. The van der Waals surface area contributed by atoms with Gasteiger partial charge in [-0.3, -0.25) is 4.79 Å². The highest BCUT2D eigenvalue weighted by Crippen LogP contribution is 2.01. The van der Waals surface area contributed by atoms with Crippen molar-refractivity contribution >= 4 is 17.1 Å². The monoisotopic (exact) mass is 163 g/mol. The first-order chi connectivity index (χ1) is 5.75. The predicted octanol–water partition coefficient (Wildman–Crippen LogP) is -0.705. The van der Waals surface area contributed by atoms with Gasteiger partial charge >= 0.3 is 0 Å². The van der Waals surface area contributed by atoms with Gasteiger partial charge in [0.15, 0.2) is 5.65 Å². The van der Waals surface area contributed by atoms with Gasteiger partial charge < -0.3 is 10.7 Å². The number of aromatic nitrogens is 4. The standard InChI is InChI=1S/C6H5N5O/c7-6-9-1-3-5(11-6)10-4(12)2-8-3/h1-2H,(H3,7,9,10,11,12).